The second-order valence-corrected chi connectivity index (χ2v) is 12.9. The molecule has 0 unspecified atom stereocenters. The fourth-order valence-corrected chi connectivity index (χ4v) is 6.30. The molecule has 1 aromatic rings. The van der Waals surface area contributed by atoms with Gasteiger partial charge in [0, 0.05) is 0 Å². The van der Waals surface area contributed by atoms with Crippen LogP contribution in [0.2, 0.25) is 0 Å². The molecule has 0 fully saturated rings. The van der Waals surface area contributed by atoms with Crippen LogP contribution in [0, 0.1) is 6.92 Å². The topological polar surface area (TPSA) is 0 Å². The molecule has 0 heterocycles. The second kappa shape index (κ2) is 28.7. The Morgan fingerprint density at radius 1 is 0.333 bits per heavy atom. The molecule has 0 amide bonds. The number of hydrogen-bond acceptors (Lipinski definition) is 0. The van der Waals surface area contributed by atoms with Gasteiger partial charge in [-0.25, -0.2) is 0 Å². The lowest BCUT2D eigenvalue weighted by molar-refractivity contribution is 0.535. The van der Waals surface area contributed by atoms with Gasteiger partial charge in [0.25, 0.3) is 0 Å². The van der Waals surface area contributed by atoms with Gasteiger partial charge in [-0.05, 0) is 49.3 Å². The van der Waals surface area contributed by atoms with E-state index >= 15 is 0 Å². The van der Waals surface area contributed by atoms with Gasteiger partial charge in [-0.3, -0.25) is 0 Å². The van der Waals surface area contributed by atoms with Crippen LogP contribution in [-0.4, -0.2) is 0 Å². The smallest absolute Gasteiger partial charge is 0.0276 e. The summed E-state index contributed by atoms with van der Waals surface area (Å²) in [6.45, 7) is 7.00. The quantitative estimate of drug-likeness (QED) is 0.0851. The summed E-state index contributed by atoms with van der Waals surface area (Å²) in [6, 6.07) is 7.11. The summed E-state index contributed by atoms with van der Waals surface area (Å²) in [4.78, 5) is 0. The summed E-state index contributed by atoms with van der Waals surface area (Å²) in [5.74, 6) is 0. The van der Waals surface area contributed by atoms with Gasteiger partial charge in [-0.1, -0.05) is 199 Å². The van der Waals surface area contributed by atoms with Crippen molar-refractivity contribution in [1.82, 2.24) is 0 Å². The predicted molar refractivity (Wildman–Crippen MR) is 179 cm³/mol. The third-order valence-corrected chi connectivity index (χ3v) is 9.16. The van der Waals surface area contributed by atoms with Crippen molar-refractivity contribution in [3.05, 3.63) is 34.9 Å². The molecule has 0 aromatic heterocycles. The maximum absolute atomic E-state index is 2.40. The lowest BCUT2D eigenvalue weighted by Gasteiger charge is -2.12. The summed E-state index contributed by atoms with van der Waals surface area (Å²) < 4.78 is 0. The van der Waals surface area contributed by atoms with E-state index in [4.69, 9.17) is 0 Å². The molecule has 0 atom stereocenters. The van der Waals surface area contributed by atoms with Crippen molar-refractivity contribution in [2.45, 2.75) is 213 Å². The van der Waals surface area contributed by atoms with Gasteiger partial charge in [-0.15, -0.1) is 0 Å². The van der Waals surface area contributed by atoms with Crippen molar-refractivity contribution in [2.75, 3.05) is 0 Å². The zero-order chi connectivity index (χ0) is 28.1. The zero-order valence-electron chi connectivity index (χ0n) is 27.4. The molecule has 228 valence electrons. The molecular weight excluding hydrogens is 468 g/mol. The van der Waals surface area contributed by atoms with E-state index in [1.807, 2.05) is 0 Å². The molecular formula is C39H72. The van der Waals surface area contributed by atoms with E-state index < -0.39 is 0 Å². The maximum Gasteiger partial charge on any atom is -0.0276 e. The van der Waals surface area contributed by atoms with Crippen LogP contribution in [0.25, 0.3) is 0 Å². The van der Waals surface area contributed by atoms with Gasteiger partial charge in [0.1, 0.15) is 0 Å². The highest BCUT2D eigenvalue weighted by atomic mass is 14.1. The van der Waals surface area contributed by atoms with Crippen molar-refractivity contribution in [2.24, 2.45) is 0 Å². The van der Waals surface area contributed by atoms with Crippen LogP contribution >= 0.6 is 0 Å². The fraction of sp³-hybridized carbons (Fsp3) is 0.846. The number of benzene rings is 1. The van der Waals surface area contributed by atoms with E-state index in [0.717, 1.165) is 0 Å². The van der Waals surface area contributed by atoms with Crippen molar-refractivity contribution in [3.63, 3.8) is 0 Å². The van der Waals surface area contributed by atoms with Gasteiger partial charge < -0.3 is 0 Å². The molecule has 1 aromatic carbocycles. The van der Waals surface area contributed by atoms with E-state index in [1.54, 1.807) is 16.7 Å². The molecule has 0 aliphatic carbocycles. The largest absolute Gasteiger partial charge is 0.0654 e. The number of unbranched alkanes of at least 4 members (excludes halogenated alkanes) is 26. The first-order valence-electron chi connectivity index (χ1n) is 18.4. The van der Waals surface area contributed by atoms with E-state index in [9.17, 15) is 0 Å². The molecule has 0 aliphatic heterocycles. The molecule has 0 bridgehead atoms. The minimum Gasteiger partial charge on any atom is -0.0654 e. The summed E-state index contributed by atoms with van der Waals surface area (Å²) >= 11 is 0. The first-order chi connectivity index (χ1) is 19.3. The molecule has 0 aliphatic rings. The third kappa shape index (κ3) is 22.6. The molecule has 0 spiro atoms. The Labute approximate surface area is 247 Å². The molecule has 0 saturated heterocycles. The third-order valence-electron chi connectivity index (χ3n) is 9.16. The van der Waals surface area contributed by atoms with Crippen molar-refractivity contribution in [3.8, 4) is 0 Å². The average Bonchev–Trinajstić information content (AvgIpc) is 2.95. The minimum absolute atomic E-state index is 1.29. The Morgan fingerprint density at radius 2 is 0.564 bits per heavy atom. The van der Waals surface area contributed by atoms with E-state index in [0.29, 0.717) is 0 Å². The first-order valence-corrected chi connectivity index (χ1v) is 18.4. The van der Waals surface area contributed by atoms with Gasteiger partial charge in [-0.2, -0.15) is 0 Å². The van der Waals surface area contributed by atoms with Crippen LogP contribution < -0.4 is 0 Å². The van der Waals surface area contributed by atoms with Crippen LogP contribution in [0.5, 0.6) is 0 Å². The zero-order valence-corrected chi connectivity index (χ0v) is 27.4. The number of aryl methyl sites for hydroxylation is 2. The van der Waals surface area contributed by atoms with Gasteiger partial charge in [0.05, 0.1) is 0 Å². The van der Waals surface area contributed by atoms with Crippen molar-refractivity contribution >= 4 is 0 Å². The molecule has 0 nitrogen and oxygen atoms in total. The average molecular weight is 541 g/mol. The van der Waals surface area contributed by atoms with E-state index in [1.165, 1.54) is 193 Å². The standard InChI is InChI=1S/C39H72/c1-4-6-8-10-12-14-16-18-20-22-24-26-28-30-33-38-35-32-36-39(37(38)3)34-31-29-27-25-23-21-19-17-15-13-11-9-7-5-2/h32,35-36H,4-31,33-34H2,1-3H3. The summed E-state index contributed by atoms with van der Waals surface area (Å²) in [5.41, 5.74) is 4.84. The Bertz CT molecular complexity index is 564. The highest BCUT2D eigenvalue weighted by Gasteiger charge is 2.04. The van der Waals surface area contributed by atoms with Gasteiger partial charge in [0.15, 0.2) is 0 Å². The van der Waals surface area contributed by atoms with E-state index in [-0.39, 0.29) is 0 Å². The van der Waals surface area contributed by atoms with Gasteiger partial charge >= 0.3 is 0 Å². The van der Waals surface area contributed by atoms with E-state index in [2.05, 4.69) is 39.0 Å². The summed E-state index contributed by atoms with van der Waals surface area (Å²) in [7, 11) is 0. The Kier molecular flexibility index (Phi) is 26.7. The van der Waals surface area contributed by atoms with Crippen LogP contribution in [0.3, 0.4) is 0 Å². The Balaban J connectivity index is 1.95. The lowest BCUT2D eigenvalue weighted by Crippen LogP contribution is -1.97. The fourth-order valence-electron chi connectivity index (χ4n) is 6.30. The molecule has 39 heavy (non-hydrogen) atoms. The SMILES string of the molecule is CCCCCCCCCCCCCCCCc1cccc(CCCCCCCCCCCCCCCC)c1C. The van der Waals surface area contributed by atoms with Crippen LogP contribution in [-0.2, 0) is 12.8 Å². The van der Waals surface area contributed by atoms with Crippen molar-refractivity contribution in [1.29, 1.82) is 0 Å². The normalized spacial score (nSPS) is 11.5. The lowest BCUT2D eigenvalue weighted by atomic mass is 9.94. The maximum atomic E-state index is 2.40. The molecule has 0 saturated carbocycles. The summed E-state index contributed by atoms with van der Waals surface area (Å²) in [5, 5.41) is 0. The van der Waals surface area contributed by atoms with Crippen LogP contribution in [0.1, 0.15) is 210 Å². The van der Waals surface area contributed by atoms with Gasteiger partial charge in [0.2, 0.25) is 0 Å². The minimum atomic E-state index is 1.29. The Morgan fingerprint density at radius 3 is 0.821 bits per heavy atom. The summed E-state index contributed by atoms with van der Waals surface area (Å²) in [6.07, 6.45) is 43.0. The molecule has 1 rings (SSSR count). The molecule has 0 radical (unpaired) electrons. The number of hydrogen-bond donors (Lipinski definition) is 0. The molecule has 0 heteroatoms. The highest BCUT2D eigenvalue weighted by Crippen LogP contribution is 2.20. The predicted octanol–water partition coefficient (Wildman–Crippen LogP) is 14.0. The van der Waals surface area contributed by atoms with Crippen LogP contribution in [0.4, 0.5) is 0 Å². The molecule has 0 N–H and O–H groups in total. The monoisotopic (exact) mass is 541 g/mol. The number of rotatable bonds is 30. The highest BCUT2D eigenvalue weighted by molar-refractivity contribution is 5.34. The Hall–Kier alpha value is -0.780. The van der Waals surface area contributed by atoms with Crippen molar-refractivity contribution < 1.29 is 0 Å². The second-order valence-electron chi connectivity index (χ2n) is 12.9. The first kappa shape index (κ1) is 36.2. The van der Waals surface area contributed by atoms with Crippen LogP contribution in [0.15, 0.2) is 18.2 Å².